The molecule has 1 aromatic heterocycles. The van der Waals surface area contributed by atoms with Crippen molar-refractivity contribution in [2.24, 2.45) is 5.92 Å². The molecule has 2 N–H and O–H groups in total. The molecule has 3 heterocycles. The summed E-state index contributed by atoms with van der Waals surface area (Å²) in [6.45, 7) is 4.47. The number of aromatic nitrogens is 1. The fourth-order valence-corrected chi connectivity index (χ4v) is 3.81. The van der Waals surface area contributed by atoms with Crippen molar-refractivity contribution >= 4 is 22.7 Å². The maximum absolute atomic E-state index is 12.7. The van der Waals surface area contributed by atoms with Gasteiger partial charge < -0.3 is 24.7 Å². The molecule has 2 amide bonds. The van der Waals surface area contributed by atoms with E-state index >= 15 is 0 Å². The molecule has 2 aliphatic rings. The largest absolute Gasteiger partial charge is 0.491 e. The van der Waals surface area contributed by atoms with E-state index in [4.69, 9.17) is 9.47 Å². The normalized spacial score (nSPS) is 19.9. The number of H-pyrrole nitrogens is 1. The molecule has 1 saturated heterocycles. The maximum Gasteiger partial charge on any atom is 0.292 e. The number of likely N-dealkylation sites (tertiary alicyclic amines) is 1. The molecule has 4 rings (SSSR count). The number of hydrogen-bond donors (Lipinski definition) is 2. The highest BCUT2D eigenvalue weighted by atomic mass is 16.6. The summed E-state index contributed by atoms with van der Waals surface area (Å²) >= 11 is 0. The molecule has 148 valence electrons. The standard InChI is InChI=1S/C21H25N3O4/c1-14-19(28-10-9-27-14)21(26)24-8-4-5-15(13-24)12-22-20(25)18-11-16-6-2-3-7-17(16)23-18/h2-3,6-7,11,15,23H,4-5,8-10,12-13H2,1H3,(H,22,25)/t15-/m1/s1. The van der Waals surface area contributed by atoms with Crippen LogP contribution in [0.3, 0.4) is 0 Å². The van der Waals surface area contributed by atoms with Crippen LogP contribution >= 0.6 is 0 Å². The minimum Gasteiger partial charge on any atom is -0.491 e. The average Bonchev–Trinajstić information content (AvgIpc) is 3.16. The molecule has 2 aromatic rings. The topological polar surface area (TPSA) is 83.7 Å². The molecule has 7 heteroatoms. The van der Waals surface area contributed by atoms with Crippen molar-refractivity contribution in [1.29, 1.82) is 0 Å². The van der Waals surface area contributed by atoms with Gasteiger partial charge >= 0.3 is 0 Å². The lowest BCUT2D eigenvalue weighted by atomic mass is 9.97. The van der Waals surface area contributed by atoms with Gasteiger partial charge in [0.05, 0.1) is 0 Å². The summed E-state index contributed by atoms with van der Waals surface area (Å²) in [4.78, 5) is 30.2. The molecule has 1 aromatic carbocycles. The number of ether oxygens (including phenoxy) is 2. The molecule has 28 heavy (non-hydrogen) atoms. The summed E-state index contributed by atoms with van der Waals surface area (Å²) in [6.07, 6.45) is 1.89. The van der Waals surface area contributed by atoms with E-state index in [1.54, 1.807) is 11.8 Å². The van der Waals surface area contributed by atoms with Gasteiger partial charge in [-0.3, -0.25) is 9.59 Å². The summed E-state index contributed by atoms with van der Waals surface area (Å²) < 4.78 is 10.9. The smallest absolute Gasteiger partial charge is 0.292 e. The third-order valence-corrected chi connectivity index (χ3v) is 5.29. The Morgan fingerprint density at radius 3 is 2.89 bits per heavy atom. The number of nitrogens with zero attached hydrogens (tertiary/aromatic N) is 1. The van der Waals surface area contributed by atoms with Crippen LogP contribution in [-0.4, -0.2) is 54.5 Å². The number of carbonyl (C=O) groups is 2. The fraction of sp³-hybridized carbons (Fsp3) is 0.429. The van der Waals surface area contributed by atoms with Crippen molar-refractivity contribution in [3.63, 3.8) is 0 Å². The highest BCUT2D eigenvalue weighted by molar-refractivity contribution is 5.98. The number of rotatable bonds is 4. The number of benzene rings is 1. The van der Waals surface area contributed by atoms with Crippen molar-refractivity contribution in [2.45, 2.75) is 19.8 Å². The Bertz CT molecular complexity index is 884. The van der Waals surface area contributed by atoms with Gasteiger partial charge in [0.25, 0.3) is 11.8 Å². The highest BCUT2D eigenvalue weighted by Crippen LogP contribution is 2.21. The van der Waals surface area contributed by atoms with E-state index < -0.39 is 0 Å². The lowest BCUT2D eigenvalue weighted by Crippen LogP contribution is -2.45. The van der Waals surface area contributed by atoms with Gasteiger partial charge in [-0.1, -0.05) is 18.2 Å². The number of carbonyl (C=O) groups excluding carboxylic acids is 2. The summed E-state index contributed by atoms with van der Waals surface area (Å²) in [7, 11) is 0. The lowest BCUT2D eigenvalue weighted by Gasteiger charge is -2.34. The van der Waals surface area contributed by atoms with Gasteiger partial charge in [-0.2, -0.15) is 0 Å². The number of hydrogen-bond acceptors (Lipinski definition) is 4. The number of nitrogens with one attached hydrogen (secondary N) is 2. The van der Waals surface area contributed by atoms with Crippen LogP contribution in [0.4, 0.5) is 0 Å². The minimum atomic E-state index is -0.123. The van der Waals surface area contributed by atoms with Crippen LogP contribution in [0.25, 0.3) is 10.9 Å². The van der Waals surface area contributed by atoms with E-state index in [0.29, 0.717) is 50.1 Å². The number of fused-ring (bicyclic) bond motifs is 1. The predicted molar refractivity (Wildman–Crippen MR) is 105 cm³/mol. The molecule has 7 nitrogen and oxygen atoms in total. The molecule has 0 spiro atoms. The third-order valence-electron chi connectivity index (χ3n) is 5.29. The lowest BCUT2D eigenvalue weighted by molar-refractivity contribution is -0.134. The van der Waals surface area contributed by atoms with Crippen molar-refractivity contribution in [2.75, 3.05) is 32.8 Å². The zero-order chi connectivity index (χ0) is 19.5. The Morgan fingerprint density at radius 2 is 2.07 bits per heavy atom. The van der Waals surface area contributed by atoms with Crippen LogP contribution in [0.2, 0.25) is 0 Å². The van der Waals surface area contributed by atoms with Crippen LogP contribution < -0.4 is 5.32 Å². The fourth-order valence-electron chi connectivity index (χ4n) is 3.81. The predicted octanol–water partition coefficient (Wildman–Crippen LogP) is 2.41. The molecule has 0 bridgehead atoms. The number of para-hydroxylation sites is 1. The van der Waals surface area contributed by atoms with E-state index in [-0.39, 0.29) is 17.7 Å². The van der Waals surface area contributed by atoms with E-state index in [2.05, 4.69) is 10.3 Å². The number of aromatic amines is 1. The Balaban J connectivity index is 1.34. The zero-order valence-electron chi connectivity index (χ0n) is 16.0. The quantitative estimate of drug-likeness (QED) is 0.849. The van der Waals surface area contributed by atoms with Crippen LogP contribution in [0.5, 0.6) is 0 Å². The monoisotopic (exact) mass is 383 g/mol. The number of piperidine rings is 1. The first-order chi connectivity index (χ1) is 13.6. The molecule has 0 radical (unpaired) electrons. The van der Waals surface area contributed by atoms with Crippen LogP contribution in [-0.2, 0) is 14.3 Å². The molecule has 2 aliphatic heterocycles. The SMILES string of the molecule is CC1=C(C(=O)N2CCC[C@H](CNC(=O)c3cc4ccccc4[nH]3)C2)OCCO1. The second-order valence-electron chi connectivity index (χ2n) is 7.32. The van der Waals surface area contributed by atoms with Gasteiger partial charge in [0.1, 0.15) is 24.7 Å². The molecule has 0 aliphatic carbocycles. The second-order valence-corrected chi connectivity index (χ2v) is 7.32. The van der Waals surface area contributed by atoms with Gasteiger partial charge in [0.2, 0.25) is 5.76 Å². The van der Waals surface area contributed by atoms with Gasteiger partial charge in [-0.15, -0.1) is 0 Å². The molecule has 1 atom stereocenters. The Kier molecular flexibility index (Phi) is 5.23. The van der Waals surface area contributed by atoms with E-state index in [1.807, 2.05) is 30.3 Å². The first-order valence-electron chi connectivity index (χ1n) is 9.73. The van der Waals surface area contributed by atoms with Gasteiger partial charge in [-0.25, -0.2) is 0 Å². The van der Waals surface area contributed by atoms with Crippen molar-refractivity contribution in [1.82, 2.24) is 15.2 Å². The second kappa shape index (κ2) is 7.96. The van der Waals surface area contributed by atoms with Gasteiger partial charge in [-0.05, 0) is 37.8 Å². The van der Waals surface area contributed by atoms with Crippen molar-refractivity contribution in [3.05, 3.63) is 47.5 Å². The minimum absolute atomic E-state index is 0.121. The van der Waals surface area contributed by atoms with E-state index in [1.165, 1.54) is 0 Å². The first kappa shape index (κ1) is 18.4. The third kappa shape index (κ3) is 3.83. The van der Waals surface area contributed by atoms with Gasteiger partial charge in [0.15, 0.2) is 0 Å². The maximum atomic E-state index is 12.7. The summed E-state index contributed by atoms with van der Waals surface area (Å²) in [5, 5.41) is 4.02. The number of amides is 2. The van der Waals surface area contributed by atoms with Gasteiger partial charge in [0, 0.05) is 30.5 Å². The molecular formula is C21H25N3O4. The van der Waals surface area contributed by atoms with Crippen LogP contribution in [0.1, 0.15) is 30.3 Å². The average molecular weight is 383 g/mol. The Hall–Kier alpha value is -2.96. The van der Waals surface area contributed by atoms with E-state index in [9.17, 15) is 9.59 Å². The molecule has 1 fully saturated rings. The Morgan fingerprint density at radius 1 is 1.25 bits per heavy atom. The van der Waals surface area contributed by atoms with Crippen molar-refractivity contribution in [3.8, 4) is 0 Å². The molecule has 0 unspecified atom stereocenters. The number of allylic oxidation sites excluding steroid dienone is 1. The first-order valence-corrected chi connectivity index (χ1v) is 9.73. The highest BCUT2D eigenvalue weighted by Gasteiger charge is 2.29. The zero-order valence-corrected chi connectivity index (χ0v) is 16.0. The summed E-state index contributed by atoms with van der Waals surface area (Å²) in [6, 6.07) is 9.67. The Labute approximate surface area is 163 Å². The summed E-state index contributed by atoms with van der Waals surface area (Å²) in [5.41, 5.74) is 1.50. The van der Waals surface area contributed by atoms with Crippen LogP contribution in [0.15, 0.2) is 41.9 Å². The molecule has 0 saturated carbocycles. The molecular weight excluding hydrogens is 358 g/mol. The van der Waals surface area contributed by atoms with Crippen molar-refractivity contribution < 1.29 is 19.1 Å². The van der Waals surface area contributed by atoms with Crippen LogP contribution in [0, 0.1) is 5.92 Å². The van der Waals surface area contributed by atoms with E-state index in [0.717, 1.165) is 23.7 Å². The summed E-state index contributed by atoms with van der Waals surface area (Å²) in [5.74, 6) is 0.835.